The number of fused-ring (bicyclic) bond motifs is 2. The van der Waals surface area contributed by atoms with Crippen LogP contribution < -0.4 is 10.5 Å². The minimum absolute atomic E-state index is 0.197. The topological polar surface area (TPSA) is 94.1 Å². The molecule has 1 aromatic carbocycles. The Labute approximate surface area is 141 Å². The van der Waals surface area contributed by atoms with Gasteiger partial charge < -0.3 is 20.1 Å². The van der Waals surface area contributed by atoms with Crippen molar-refractivity contribution in [1.82, 2.24) is 15.2 Å². The summed E-state index contributed by atoms with van der Waals surface area (Å²) in [5.74, 6) is -0.226. The minimum atomic E-state index is -0.538. The molecular formula is C15H20BN4O4. The van der Waals surface area contributed by atoms with Crippen LogP contribution in [0.3, 0.4) is 0 Å². The molecule has 8 nitrogen and oxygen atoms in total. The molecule has 3 N–H and O–H groups in total. The van der Waals surface area contributed by atoms with Crippen LogP contribution >= 0.6 is 0 Å². The molecule has 2 aliphatic rings. The lowest BCUT2D eigenvalue weighted by Gasteiger charge is -2.29. The Morgan fingerprint density at radius 1 is 1.38 bits per heavy atom. The fourth-order valence-corrected chi connectivity index (χ4v) is 3.10. The fourth-order valence-electron chi connectivity index (χ4n) is 3.10. The van der Waals surface area contributed by atoms with Crippen molar-refractivity contribution >= 4 is 25.2 Å². The predicted molar refractivity (Wildman–Crippen MR) is 87.2 cm³/mol. The Kier molecular flexibility index (Phi) is 5.03. The molecule has 2 aliphatic heterocycles. The van der Waals surface area contributed by atoms with Crippen molar-refractivity contribution in [3.05, 3.63) is 29.8 Å². The third kappa shape index (κ3) is 3.38. The summed E-state index contributed by atoms with van der Waals surface area (Å²) in [5.41, 5.74) is 1.72. The van der Waals surface area contributed by atoms with Crippen molar-refractivity contribution in [2.24, 2.45) is 0 Å². The smallest absolute Gasteiger partial charge is 0.395 e. The van der Waals surface area contributed by atoms with Crippen LogP contribution in [0.25, 0.3) is 0 Å². The second-order valence-electron chi connectivity index (χ2n) is 5.95. The third-order valence-corrected chi connectivity index (χ3v) is 4.38. The van der Waals surface area contributed by atoms with E-state index in [2.05, 4.69) is 10.5 Å². The molecule has 2 heterocycles. The van der Waals surface area contributed by atoms with Gasteiger partial charge in [0.15, 0.2) is 0 Å². The first-order chi connectivity index (χ1) is 11.6. The normalized spacial score (nSPS) is 22.7. The van der Waals surface area contributed by atoms with E-state index in [0.717, 1.165) is 10.6 Å². The van der Waals surface area contributed by atoms with Gasteiger partial charge in [-0.3, -0.25) is 10.0 Å². The van der Waals surface area contributed by atoms with Crippen LogP contribution in [0.2, 0.25) is 0 Å². The highest BCUT2D eigenvalue weighted by molar-refractivity contribution is 6.23. The number of nitrogens with zero attached hydrogens (tertiary/aromatic N) is 2. The molecule has 9 heteroatoms. The largest absolute Gasteiger partial charge is 0.427 e. The van der Waals surface area contributed by atoms with Gasteiger partial charge in [-0.05, 0) is 30.5 Å². The molecule has 0 aromatic heterocycles. The van der Waals surface area contributed by atoms with Crippen LogP contribution in [-0.2, 0) is 16.0 Å². The first kappa shape index (κ1) is 16.8. The SMILES string of the molecule is CO[B]NCc1ccc(NC(=O)[C@@H]2CCC3CN2C(=O)N3O)cc1. The third-order valence-electron chi connectivity index (χ3n) is 4.38. The number of anilines is 1. The number of piperidine rings is 1. The van der Waals surface area contributed by atoms with Crippen molar-refractivity contribution in [3.63, 3.8) is 0 Å². The molecule has 2 saturated heterocycles. The highest BCUT2D eigenvalue weighted by Crippen LogP contribution is 2.29. The maximum atomic E-state index is 12.5. The lowest BCUT2D eigenvalue weighted by Crippen LogP contribution is -2.47. The Morgan fingerprint density at radius 3 is 2.83 bits per heavy atom. The number of carbonyl (C=O) groups is 2. The number of amides is 3. The maximum absolute atomic E-state index is 12.5. The van der Waals surface area contributed by atoms with Crippen molar-refractivity contribution in [2.45, 2.75) is 31.5 Å². The molecule has 0 aliphatic carbocycles. The Balaban J connectivity index is 1.58. The second kappa shape index (κ2) is 7.21. The summed E-state index contributed by atoms with van der Waals surface area (Å²) < 4.78 is 4.80. The summed E-state index contributed by atoms with van der Waals surface area (Å²) in [4.78, 5) is 25.8. The van der Waals surface area contributed by atoms with Crippen molar-refractivity contribution in [2.75, 3.05) is 19.0 Å². The van der Waals surface area contributed by atoms with E-state index in [1.54, 1.807) is 7.11 Å². The number of benzene rings is 1. The molecule has 0 saturated carbocycles. The van der Waals surface area contributed by atoms with Crippen molar-refractivity contribution in [3.8, 4) is 0 Å². The maximum Gasteiger partial charge on any atom is 0.395 e. The summed E-state index contributed by atoms with van der Waals surface area (Å²) in [6.07, 6.45) is 1.17. The molecule has 2 atom stereocenters. The van der Waals surface area contributed by atoms with Gasteiger partial charge >= 0.3 is 13.6 Å². The molecular weight excluding hydrogens is 311 g/mol. The summed E-state index contributed by atoms with van der Waals surface area (Å²) in [7, 11) is 3.07. The average molecular weight is 331 g/mol. The van der Waals surface area contributed by atoms with Gasteiger partial charge in [-0.15, -0.1) is 0 Å². The number of rotatable bonds is 6. The first-order valence-corrected chi connectivity index (χ1v) is 7.86. The van der Waals surface area contributed by atoms with Crippen LogP contribution in [0.15, 0.2) is 24.3 Å². The molecule has 1 unspecified atom stereocenters. The second-order valence-corrected chi connectivity index (χ2v) is 5.95. The van der Waals surface area contributed by atoms with Gasteiger partial charge in [-0.2, -0.15) is 0 Å². The first-order valence-electron chi connectivity index (χ1n) is 7.86. The van der Waals surface area contributed by atoms with Gasteiger partial charge in [0.25, 0.3) is 0 Å². The zero-order valence-corrected chi connectivity index (χ0v) is 13.4. The van der Waals surface area contributed by atoms with Crippen molar-refractivity contribution in [1.29, 1.82) is 0 Å². The van der Waals surface area contributed by atoms with E-state index >= 15 is 0 Å². The Bertz CT molecular complexity index is 612. The van der Waals surface area contributed by atoms with Crippen LogP contribution in [0.1, 0.15) is 18.4 Å². The molecule has 127 valence electrons. The summed E-state index contributed by atoms with van der Waals surface area (Å²) in [6, 6.07) is 6.21. The zero-order valence-electron chi connectivity index (χ0n) is 13.4. The van der Waals surface area contributed by atoms with E-state index in [1.165, 1.54) is 12.5 Å². The van der Waals surface area contributed by atoms with Gasteiger partial charge in [-0.25, -0.2) is 9.86 Å². The molecule has 2 fully saturated rings. The number of nitrogens with one attached hydrogen (secondary N) is 2. The fraction of sp³-hybridized carbons (Fsp3) is 0.467. The van der Waals surface area contributed by atoms with E-state index in [0.29, 0.717) is 31.6 Å². The average Bonchev–Trinajstić information content (AvgIpc) is 2.81. The zero-order chi connectivity index (χ0) is 17.1. The molecule has 1 radical (unpaired) electrons. The van der Waals surface area contributed by atoms with Gasteiger partial charge in [0, 0.05) is 25.9 Å². The number of hydrogen-bond acceptors (Lipinski definition) is 5. The van der Waals surface area contributed by atoms with Gasteiger partial charge in [0.05, 0.1) is 6.04 Å². The van der Waals surface area contributed by atoms with E-state index in [1.807, 2.05) is 24.3 Å². The Morgan fingerprint density at radius 2 is 2.12 bits per heavy atom. The quantitative estimate of drug-likeness (QED) is 0.402. The molecule has 0 spiro atoms. The number of carbonyl (C=O) groups excluding carboxylic acids is 2. The molecule has 1 aromatic rings. The van der Waals surface area contributed by atoms with Gasteiger partial charge in [0.1, 0.15) is 6.04 Å². The van der Waals surface area contributed by atoms with Crippen molar-refractivity contribution < 1.29 is 19.5 Å². The number of hydrogen-bond donors (Lipinski definition) is 3. The van der Waals surface area contributed by atoms with E-state index in [4.69, 9.17) is 4.65 Å². The van der Waals surface area contributed by atoms with E-state index < -0.39 is 12.1 Å². The van der Waals surface area contributed by atoms with Gasteiger partial charge in [0.2, 0.25) is 5.91 Å². The van der Waals surface area contributed by atoms with Crippen LogP contribution in [0, 0.1) is 0 Å². The van der Waals surface area contributed by atoms with Crippen LogP contribution in [-0.4, -0.2) is 60.5 Å². The number of hydroxylamine groups is 2. The monoisotopic (exact) mass is 331 g/mol. The molecule has 24 heavy (non-hydrogen) atoms. The van der Waals surface area contributed by atoms with Crippen LogP contribution in [0.5, 0.6) is 0 Å². The predicted octanol–water partition coefficient (Wildman–Crippen LogP) is 0.553. The van der Waals surface area contributed by atoms with E-state index in [9.17, 15) is 14.8 Å². The summed E-state index contributed by atoms with van der Waals surface area (Å²) in [6.45, 7) is 1.02. The Hall–Kier alpha value is -2.10. The van der Waals surface area contributed by atoms with E-state index in [-0.39, 0.29) is 11.9 Å². The molecule has 3 rings (SSSR count). The van der Waals surface area contributed by atoms with Gasteiger partial charge in [-0.1, -0.05) is 12.1 Å². The lowest BCUT2D eigenvalue weighted by atomic mass is 10.00. The highest BCUT2D eigenvalue weighted by Gasteiger charge is 2.46. The summed E-state index contributed by atoms with van der Waals surface area (Å²) in [5, 5.41) is 16.2. The lowest BCUT2D eigenvalue weighted by molar-refractivity contribution is -0.120. The number of urea groups is 1. The summed E-state index contributed by atoms with van der Waals surface area (Å²) >= 11 is 0. The highest BCUT2D eigenvalue weighted by atomic mass is 16.5. The minimum Gasteiger partial charge on any atom is -0.427 e. The van der Waals surface area contributed by atoms with Crippen LogP contribution in [0.4, 0.5) is 10.5 Å². The molecule has 3 amide bonds. The molecule has 2 bridgehead atoms. The standard InChI is InChI=1S/C15H20BN4O4/c1-24-16-17-8-10-2-4-11(5-3-10)18-14(21)13-7-6-12-9-19(13)15(22)20(12)23/h2-5,12-13,17,23H,6-9H2,1H3,(H,18,21)/t12?,13-/m0/s1.